The van der Waals surface area contributed by atoms with Crippen LogP contribution in [0.5, 0.6) is 0 Å². The predicted molar refractivity (Wildman–Crippen MR) is 81.9 cm³/mol. The van der Waals surface area contributed by atoms with Crippen LogP contribution in [0.3, 0.4) is 0 Å². The molecule has 1 heterocycles. The number of sulfonamides is 1. The molecule has 100 valence electrons. The van der Waals surface area contributed by atoms with E-state index in [1.165, 1.54) is 18.5 Å². The number of halogens is 3. The highest BCUT2D eigenvalue weighted by Gasteiger charge is 2.16. The van der Waals surface area contributed by atoms with E-state index in [-0.39, 0.29) is 4.90 Å². The Morgan fingerprint density at radius 2 is 1.89 bits per heavy atom. The average Bonchev–Trinajstić information content (AvgIpc) is 2.33. The van der Waals surface area contributed by atoms with Crippen molar-refractivity contribution in [2.75, 3.05) is 4.72 Å². The van der Waals surface area contributed by atoms with Gasteiger partial charge in [-0.05, 0) is 56.1 Å². The average molecular weight is 427 g/mol. The molecule has 0 aliphatic carbocycles. The van der Waals surface area contributed by atoms with Crippen molar-refractivity contribution in [2.24, 2.45) is 0 Å². The second-order valence-corrected chi connectivity index (χ2v) is 7.46. The Morgan fingerprint density at radius 1 is 1.16 bits per heavy atom. The first-order chi connectivity index (χ1) is 8.88. The molecule has 19 heavy (non-hydrogen) atoms. The summed E-state index contributed by atoms with van der Waals surface area (Å²) in [6, 6.07) is 6.26. The zero-order valence-corrected chi connectivity index (χ0v) is 14.0. The number of aromatic nitrogens is 1. The Kier molecular flexibility index (Phi) is 4.50. The number of nitrogens with zero attached hydrogens (tertiary/aromatic N) is 1. The summed E-state index contributed by atoms with van der Waals surface area (Å²) in [7, 11) is -3.69. The van der Waals surface area contributed by atoms with Crippen LogP contribution >= 0.6 is 43.5 Å². The fourth-order valence-corrected chi connectivity index (χ4v) is 3.81. The molecular weight excluding hydrogens is 419 g/mol. The lowest BCUT2D eigenvalue weighted by Gasteiger charge is -2.09. The van der Waals surface area contributed by atoms with Crippen molar-refractivity contribution in [3.8, 4) is 0 Å². The molecule has 2 rings (SSSR count). The maximum atomic E-state index is 12.2. The minimum Gasteiger partial charge on any atom is -0.278 e. The lowest BCUT2D eigenvalue weighted by atomic mass is 10.3. The van der Waals surface area contributed by atoms with Gasteiger partial charge in [0.1, 0.15) is 4.90 Å². The van der Waals surface area contributed by atoms with Gasteiger partial charge in [0.15, 0.2) is 0 Å². The molecule has 0 atom stereocenters. The Morgan fingerprint density at radius 3 is 2.53 bits per heavy atom. The highest BCUT2D eigenvalue weighted by molar-refractivity contribution is 9.10. The zero-order chi connectivity index (χ0) is 14.0. The summed E-state index contributed by atoms with van der Waals surface area (Å²) >= 11 is 12.2. The van der Waals surface area contributed by atoms with E-state index in [1.54, 1.807) is 18.2 Å². The quantitative estimate of drug-likeness (QED) is 0.805. The van der Waals surface area contributed by atoms with Gasteiger partial charge in [-0.25, -0.2) is 8.42 Å². The van der Waals surface area contributed by atoms with Gasteiger partial charge in [-0.2, -0.15) is 0 Å². The minimum absolute atomic E-state index is 0.0729. The number of pyridine rings is 1. The van der Waals surface area contributed by atoms with Crippen LogP contribution < -0.4 is 4.72 Å². The third-order valence-corrected chi connectivity index (χ3v) is 4.82. The standard InChI is InChI=1S/C11H7Br2ClN2O2S/c12-7-3-9(6-15-5-7)19(17,18)16-11-2-1-8(14)4-10(11)13/h1-6,16H. The van der Waals surface area contributed by atoms with Crippen LogP contribution in [0, 0.1) is 0 Å². The van der Waals surface area contributed by atoms with Crippen molar-refractivity contribution in [1.29, 1.82) is 0 Å². The topological polar surface area (TPSA) is 59.1 Å². The molecular formula is C11H7Br2ClN2O2S. The van der Waals surface area contributed by atoms with E-state index < -0.39 is 10.0 Å². The summed E-state index contributed by atoms with van der Waals surface area (Å²) in [5.41, 5.74) is 0.407. The van der Waals surface area contributed by atoms with E-state index in [9.17, 15) is 8.42 Å². The fraction of sp³-hybridized carbons (Fsp3) is 0. The zero-order valence-electron chi connectivity index (χ0n) is 9.27. The fourth-order valence-electron chi connectivity index (χ4n) is 1.32. The number of rotatable bonds is 3. The molecule has 0 fully saturated rings. The number of anilines is 1. The number of hydrogen-bond donors (Lipinski definition) is 1. The van der Waals surface area contributed by atoms with E-state index in [1.807, 2.05) is 0 Å². The Bertz CT molecular complexity index is 722. The molecule has 0 amide bonds. The second-order valence-electron chi connectivity index (χ2n) is 3.57. The smallest absolute Gasteiger partial charge is 0.263 e. The van der Waals surface area contributed by atoms with Gasteiger partial charge in [0.25, 0.3) is 10.0 Å². The highest BCUT2D eigenvalue weighted by Crippen LogP contribution is 2.28. The molecule has 0 radical (unpaired) electrons. The van der Waals surface area contributed by atoms with Crippen molar-refractivity contribution >= 4 is 59.2 Å². The third kappa shape index (κ3) is 3.68. The summed E-state index contributed by atoms with van der Waals surface area (Å²) in [5, 5.41) is 0.513. The molecule has 0 bridgehead atoms. The molecule has 0 saturated heterocycles. The predicted octanol–water partition coefficient (Wildman–Crippen LogP) is 4.06. The van der Waals surface area contributed by atoms with Crippen molar-refractivity contribution in [1.82, 2.24) is 4.98 Å². The minimum atomic E-state index is -3.69. The van der Waals surface area contributed by atoms with E-state index in [4.69, 9.17) is 11.6 Å². The van der Waals surface area contributed by atoms with Crippen LogP contribution in [-0.2, 0) is 10.0 Å². The molecule has 0 aliphatic rings. The van der Waals surface area contributed by atoms with Crippen LogP contribution in [0.25, 0.3) is 0 Å². The maximum Gasteiger partial charge on any atom is 0.263 e. The van der Waals surface area contributed by atoms with Crippen molar-refractivity contribution in [3.63, 3.8) is 0 Å². The first-order valence-corrected chi connectivity index (χ1v) is 8.41. The van der Waals surface area contributed by atoms with Crippen molar-refractivity contribution < 1.29 is 8.42 Å². The molecule has 0 aliphatic heterocycles. The summed E-state index contributed by atoms with van der Waals surface area (Å²) in [4.78, 5) is 3.90. The van der Waals surface area contributed by atoms with Gasteiger partial charge in [-0.3, -0.25) is 9.71 Å². The molecule has 0 saturated carbocycles. The monoisotopic (exact) mass is 424 g/mol. The molecule has 1 N–H and O–H groups in total. The van der Waals surface area contributed by atoms with E-state index in [2.05, 4.69) is 41.6 Å². The van der Waals surface area contributed by atoms with E-state index in [0.29, 0.717) is 19.7 Å². The second kappa shape index (κ2) is 5.78. The largest absolute Gasteiger partial charge is 0.278 e. The molecule has 2 aromatic rings. The van der Waals surface area contributed by atoms with Gasteiger partial charge >= 0.3 is 0 Å². The van der Waals surface area contributed by atoms with Crippen LogP contribution in [0.1, 0.15) is 0 Å². The van der Waals surface area contributed by atoms with Crippen molar-refractivity contribution in [3.05, 3.63) is 50.6 Å². The molecule has 0 spiro atoms. The third-order valence-electron chi connectivity index (χ3n) is 2.17. The van der Waals surface area contributed by atoms with Crippen LogP contribution in [-0.4, -0.2) is 13.4 Å². The van der Waals surface area contributed by atoms with E-state index in [0.717, 1.165) is 0 Å². The lowest BCUT2D eigenvalue weighted by molar-refractivity contribution is 0.600. The molecule has 8 heteroatoms. The van der Waals surface area contributed by atoms with Gasteiger partial charge in [0.2, 0.25) is 0 Å². The number of nitrogens with one attached hydrogen (secondary N) is 1. The summed E-state index contributed by atoms with van der Waals surface area (Å²) in [6.07, 6.45) is 2.79. The Balaban J connectivity index is 2.36. The van der Waals surface area contributed by atoms with Crippen LogP contribution in [0.2, 0.25) is 5.02 Å². The van der Waals surface area contributed by atoms with Gasteiger partial charge in [-0.15, -0.1) is 0 Å². The lowest BCUT2D eigenvalue weighted by Crippen LogP contribution is -2.13. The molecule has 0 unspecified atom stereocenters. The van der Waals surface area contributed by atoms with Crippen LogP contribution in [0.4, 0.5) is 5.69 Å². The summed E-state index contributed by atoms with van der Waals surface area (Å²) in [6.45, 7) is 0. The van der Waals surface area contributed by atoms with Gasteiger partial charge in [-0.1, -0.05) is 11.6 Å². The first-order valence-electron chi connectivity index (χ1n) is 4.97. The SMILES string of the molecule is O=S(=O)(Nc1ccc(Cl)cc1Br)c1cncc(Br)c1. The molecule has 1 aromatic heterocycles. The number of hydrogen-bond acceptors (Lipinski definition) is 3. The van der Waals surface area contributed by atoms with Gasteiger partial charge < -0.3 is 0 Å². The summed E-state index contributed by atoms with van der Waals surface area (Å²) in [5.74, 6) is 0. The van der Waals surface area contributed by atoms with E-state index >= 15 is 0 Å². The Hall–Kier alpha value is -0.630. The maximum absolute atomic E-state index is 12.2. The summed E-state index contributed by atoms with van der Waals surface area (Å²) < 4.78 is 27.9. The van der Waals surface area contributed by atoms with Crippen molar-refractivity contribution in [2.45, 2.75) is 4.90 Å². The molecule has 1 aromatic carbocycles. The van der Waals surface area contributed by atoms with Gasteiger partial charge in [0.05, 0.1) is 5.69 Å². The Labute approximate surface area is 132 Å². The number of benzene rings is 1. The highest BCUT2D eigenvalue weighted by atomic mass is 79.9. The first kappa shape index (κ1) is 14.8. The molecule has 4 nitrogen and oxygen atoms in total. The normalized spacial score (nSPS) is 11.3. The van der Waals surface area contributed by atoms with Crippen LogP contribution in [0.15, 0.2) is 50.5 Å². The van der Waals surface area contributed by atoms with Gasteiger partial charge in [0, 0.05) is 26.4 Å².